The monoisotopic (exact) mass is 262 g/mol. The van der Waals surface area contributed by atoms with Crippen LogP contribution in [0.25, 0.3) is 0 Å². The van der Waals surface area contributed by atoms with Crippen molar-refractivity contribution in [3.8, 4) is 0 Å². The fourth-order valence-electron chi connectivity index (χ4n) is 2.45. The highest BCUT2D eigenvalue weighted by molar-refractivity contribution is 5.94. The zero-order valence-electron chi connectivity index (χ0n) is 11.0. The molecule has 1 aliphatic carbocycles. The summed E-state index contributed by atoms with van der Waals surface area (Å²) in [6, 6.07) is 3.04. The number of nitrogens with zero attached hydrogens (tertiary/aromatic N) is 2. The fraction of sp³-hybridized carbons (Fsp3) is 0.500. The number of rotatable bonds is 3. The van der Waals surface area contributed by atoms with Gasteiger partial charge >= 0.3 is 5.97 Å². The van der Waals surface area contributed by atoms with Crippen molar-refractivity contribution in [1.29, 1.82) is 0 Å². The van der Waals surface area contributed by atoms with Crippen LogP contribution in [-0.2, 0) is 4.79 Å². The van der Waals surface area contributed by atoms with E-state index in [9.17, 15) is 9.59 Å². The van der Waals surface area contributed by atoms with Gasteiger partial charge in [-0.15, -0.1) is 0 Å². The van der Waals surface area contributed by atoms with Crippen molar-refractivity contribution >= 4 is 17.7 Å². The Bertz CT molecular complexity index is 464. The van der Waals surface area contributed by atoms with Crippen LogP contribution in [0.2, 0.25) is 0 Å². The lowest BCUT2D eigenvalue weighted by molar-refractivity contribution is -0.123. The van der Waals surface area contributed by atoms with Crippen molar-refractivity contribution in [2.75, 3.05) is 11.9 Å². The van der Waals surface area contributed by atoms with Gasteiger partial charge in [-0.25, -0.2) is 9.78 Å². The molecule has 2 rings (SSSR count). The van der Waals surface area contributed by atoms with Crippen LogP contribution in [0.15, 0.2) is 18.3 Å². The topological polar surface area (TPSA) is 70.5 Å². The second-order valence-corrected chi connectivity index (χ2v) is 4.94. The summed E-state index contributed by atoms with van der Waals surface area (Å²) >= 11 is 0. The summed E-state index contributed by atoms with van der Waals surface area (Å²) in [5.74, 6) is -0.351. The molecule has 1 amide bonds. The number of carbonyl (C=O) groups excluding carboxylic acids is 1. The summed E-state index contributed by atoms with van der Waals surface area (Å²) in [4.78, 5) is 28.6. The number of pyridine rings is 1. The van der Waals surface area contributed by atoms with E-state index < -0.39 is 5.97 Å². The number of carbonyl (C=O) groups is 2. The number of anilines is 1. The smallest absolute Gasteiger partial charge is 0.337 e. The van der Waals surface area contributed by atoms with Gasteiger partial charge in [0.05, 0.1) is 5.56 Å². The predicted molar refractivity (Wildman–Crippen MR) is 71.2 cm³/mol. The molecule has 0 saturated heterocycles. The number of carboxylic acid groups (broad SMARTS) is 1. The number of aromatic carboxylic acids is 1. The SMILES string of the molecule is CN(C(=O)C1CCCCC1)c1ccc(C(=O)O)cn1. The van der Waals surface area contributed by atoms with Crippen LogP contribution >= 0.6 is 0 Å². The predicted octanol–water partition coefficient (Wildman–Crippen LogP) is 2.32. The molecule has 1 aromatic rings. The lowest BCUT2D eigenvalue weighted by atomic mass is 9.88. The van der Waals surface area contributed by atoms with Crippen LogP contribution in [-0.4, -0.2) is 29.0 Å². The van der Waals surface area contributed by atoms with Crippen LogP contribution in [0.4, 0.5) is 5.82 Å². The lowest BCUT2D eigenvalue weighted by Gasteiger charge is -2.25. The first-order valence-electron chi connectivity index (χ1n) is 6.56. The molecule has 0 bridgehead atoms. The van der Waals surface area contributed by atoms with Crippen molar-refractivity contribution in [3.05, 3.63) is 23.9 Å². The molecule has 1 fully saturated rings. The van der Waals surface area contributed by atoms with Crippen molar-refractivity contribution in [2.24, 2.45) is 5.92 Å². The highest BCUT2D eigenvalue weighted by Crippen LogP contribution is 2.26. The summed E-state index contributed by atoms with van der Waals surface area (Å²) in [7, 11) is 1.69. The maximum atomic E-state index is 12.3. The molecule has 1 heterocycles. The van der Waals surface area contributed by atoms with Gasteiger partial charge in [-0.3, -0.25) is 9.69 Å². The first-order chi connectivity index (χ1) is 9.09. The Hall–Kier alpha value is -1.91. The third-order valence-electron chi connectivity index (χ3n) is 3.62. The number of carboxylic acids is 1. The van der Waals surface area contributed by atoms with Crippen molar-refractivity contribution in [1.82, 2.24) is 4.98 Å². The van der Waals surface area contributed by atoms with E-state index >= 15 is 0 Å². The van der Waals surface area contributed by atoms with Crippen molar-refractivity contribution in [2.45, 2.75) is 32.1 Å². The molecular formula is C14H18N2O3. The van der Waals surface area contributed by atoms with Gasteiger partial charge in [0.1, 0.15) is 5.82 Å². The van der Waals surface area contributed by atoms with Gasteiger partial charge in [-0.2, -0.15) is 0 Å². The highest BCUT2D eigenvalue weighted by atomic mass is 16.4. The number of aromatic nitrogens is 1. The molecule has 0 aromatic carbocycles. The maximum Gasteiger partial charge on any atom is 0.337 e. The van der Waals surface area contributed by atoms with Gasteiger partial charge in [0, 0.05) is 19.2 Å². The average Bonchev–Trinajstić information content (AvgIpc) is 2.46. The van der Waals surface area contributed by atoms with Crippen LogP contribution < -0.4 is 4.90 Å². The van der Waals surface area contributed by atoms with E-state index in [0.29, 0.717) is 5.82 Å². The Labute approximate surface area is 112 Å². The number of amides is 1. The minimum absolute atomic E-state index is 0.0790. The number of hydrogen-bond acceptors (Lipinski definition) is 3. The Morgan fingerprint density at radius 3 is 2.47 bits per heavy atom. The molecule has 5 heteroatoms. The fourth-order valence-corrected chi connectivity index (χ4v) is 2.45. The summed E-state index contributed by atoms with van der Waals surface area (Å²) in [5, 5.41) is 8.81. The molecule has 1 aliphatic rings. The van der Waals surface area contributed by atoms with E-state index in [2.05, 4.69) is 4.98 Å². The van der Waals surface area contributed by atoms with Crippen LogP contribution in [0.5, 0.6) is 0 Å². The summed E-state index contributed by atoms with van der Waals surface area (Å²) in [6.07, 6.45) is 6.58. The zero-order chi connectivity index (χ0) is 13.8. The standard InChI is InChI=1S/C14H18N2O3/c1-16(13(17)10-5-3-2-4-6-10)12-8-7-11(9-15-12)14(18)19/h7-10H,2-6H2,1H3,(H,18,19). The van der Waals surface area contributed by atoms with Crippen molar-refractivity contribution in [3.63, 3.8) is 0 Å². The molecule has 5 nitrogen and oxygen atoms in total. The molecule has 0 unspecified atom stereocenters. The van der Waals surface area contributed by atoms with Crippen molar-refractivity contribution < 1.29 is 14.7 Å². The van der Waals surface area contributed by atoms with E-state index in [4.69, 9.17) is 5.11 Å². The third kappa shape index (κ3) is 3.10. The highest BCUT2D eigenvalue weighted by Gasteiger charge is 2.25. The molecule has 0 radical (unpaired) electrons. The summed E-state index contributed by atoms with van der Waals surface area (Å²) < 4.78 is 0. The first-order valence-corrected chi connectivity index (χ1v) is 6.56. The van der Waals surface area contributed by atoms with Gasteiger partial charge in [-0.1, -0.05) is 19.3 Å². The molecule has 1 N–H and O–H groups in total. The Morgan fingerprint density at radius 2 is 1.95 bits per heavy atom. The average molecular weight is 262 g/mol. The summed E-state index contributed by atoms with van der Waals surface area (Å²) in [5.41, 5.74) is 0.127. The molecule has 102 valence electrons. The van der Waals surface area contributed by atoms with Crippen LogP contribution in [0.3, 0.4) is 0 Å². The molecule has 19 heavy (non-hydrogen) atoms. The molecule has 0 aliphatic heterocycles. The van der Waals surface area contributed by atoms with Gasteiger partial charge in [-0.05, 0) is 25.0 Å². The molecule has 0 spiro atoms. The number of hydrogen-bond donors (Lipinski definition) is 1. The minimum Gasteiger partial charge on any atom is -0.478 e. The van der Waals surface area contributed by atoms with Gasteiger partial charge in [0.2, 0.25) is 5.91 Å². The quantitative estimate of drug-likeness (QED) is 0.907. The van der Waals surface area contributed by atoms with Gasteiger partial charge in [0.25, 0.3) is 0 Å². The minimum atomic E-state index is -1.01. The van der Waals surface area contributed by atoms with Crippen LogP contribution in [0, 0.1) is 5.92 Å². The largest absolute Gasteiger partial charge is 0.478 e. The van der Waals surface area contributed by atoms with E-state index in [0.717, 1.165) is 25.7 Å². The first kappa shape index (κ1) is 13.5. The Balaban J connectivity index is 2.07. The lowest BCUT2D eigenvalue weighted by Crippen LogP contribution is -2.34. The van der Waals surface area contributed by atoms with Crippen LogP contribution in [0.1, 0.15) is 42.5 Å². The van der Waals surface area contributed by atoms with E-state index in [1.165, 1.54) is 23.6 Å². The van der Waals surface area contributed by atoms with Gasteiger partial charge in [0.15, 0.2) is 0 Å². The zero-order valence-corrected chi connectivity index (χ0v) is 11.0. The normalized spacial score (nSPS) is 16.1. The Kier molecular flexibility index (Phi) is 4.14. The maximum absolute atomic E-state index is 12.3. The second kappa shape index (κ2) is 5.82. The molecular weight excluding hydrogens is 244 g/mol. The second-order valence-electron chi connectivity index (χ2n) is 4.94. The molecule has 1 saturated carbocycles. The van der Waals surface area contributed by atoms with E-state index in [-0.39, 0.29) is 17.4 Å². The third-order valence-corrected chi connectivity index (χ3v) is 3.62. The molecule has 0 atom stereocenters. The van der Waals surface area contributed by atoms with Gasteiger partial charge < -0.3 is 5.11 Å². The molecule has 1 aromatic heterocycles. The van der Waals surface area contributed by atoms with E-state index in [1.807, 2.05) is 0 Å². The van der Waals surface area contributed by atoms with E-state index in [1.54, 1.807) is 13.1 Å². The summed E-state index contributed by atoms with van der Waals surface area (Å²) in [6.45, 7) is 0. The Morgan fingerprint density at radius 1 is 1.26 bits per heavy atom.